The number of nitrogens with zero attached hydrogens (tertiary/aromatic N) is 1. The van der Waals surface area contributed by atoms with Gasteiger partial charge in [0.1, 0.15) is 5.82 Å². The second kappa shape index (κ2) is 3.86. The molecule has 1 saturated heterocycles. The smallest absolute Gasteiger partial charge is 0.277 e. The van der Waals surface area contributed by atoms with E-state index in [1.54, 1.807) is 0 Å². The predicted octanol–water partition coefficient (Wildman–Crippen LogP) is 1.19. The van der Waals surface area contributed by atoms with Crippen molar-refractivity contribution in [3.63, 3.8) is 0 Å². The highest BCUT2D eigenvalue weighted by Crippen LogP contribution is 2.15. The van der Waals surface area contributed by atoms with Gasteiger partial charge in [-0.3, -0.25) is 9.63 Å². The highest BCUT2D eigenvalue weighted by atomic mass is 19.1. The minimum absolute atomic E-state index is 0.0360. The molecule has 15 heavy (non-hydrogen) atoms. The van der Waals surface area contributed by atoms with Gasteiger partial charge in [-0.2, -0.15) is 0 Å². The molecule has 1 fully saturated rings. The van der Waals surface area contributed by atoms with Crippen molar-refractivity contribution in [2.75, 3.05) is 18.9 Å². The number of nitrogens with two attached hydrogens (primary N) is 1. The first-order valence-corrected chi connectivity index (χ1v) is 4.68. The molecule has 1 aliphatic rings. The van der Waals surface area contributed by atoms with E-state index >= 15 is 0 Å². The van der Waals surface area contributed by atoms with Crippen LogP contribution in [0, 0.1) is 5.82 Å². The van der Waals surface area contributed by atoms with Gasteiger partial charge in [-0.15, -0.1) is 0 Å². The van der Waals surface area contributed by atoms with Crippen LogP contribution in [0.3, 0.4) is 0 Å². The number of hydroxylamine groups is 2. The molecular weight excluding hydrogens is 199 g/mol. The second-order valence-electron chi connectivity index (χ2n) is 3.33. The van der Waals surface area contributed by atoms with Gasteiger partial charge >= 0.3 is 0 Å². The number of hydrogen-bond donors (Lipinski definition) is 1. The maximum atomic E-state index is 13.1. The molecule has 0 atom stereocenters. The second-order valence-corrected chi connectivity index (χ2v) is 3.33. The zero-order valence-electron chi connectivity index (χ0n) is 8.07. The fourth-order valence-electron chi connectivity index (χ4n) is 1.41. The summed E-state index contributed by atoms with van der Waals surface area (Å²) in [4.78, 5) is 16.8. The van der Waals surface area contributed by atoms with Gasteiger partial charge in [-0.1, -0.05) is 0 Å². The van der Waals surface area contributed by atoms with Gasteiger partial charge in [0.2, 0.25) is 0 Å². The monoisotopic (exact) mass is 210 g/mol. The number of carbonyl (C=O) groups excluding carboxylic acids is 1. The van der Waals surface area contributed by atoms with Crippen molar-refractivity contribution in [1.82, 2.24) is 5.06 Å². The summed E-state index contributed by atoms with van der Waals surface area (Å²) in [6.45, 7) is 1.08. The SMILES string of the molecule is Nc1ccc(C(=O)N2CCCO2)cc1F. The number of hydrogen-bond acceptors (Lipinski definition) is 3. The molecule has 0 bridgehead atoms. The zero-order valence-corrected chi connectivity index (χ0v) is 8.07. The number of amides is 1. The lowest BCUT2D eigenvalue weighted by molar-refractivity contribution is -0.0768. The van der Waals surface area contributed by atoms with Crippen molar-refractivity contribution in [2.45, 2.75) is 6.42 Å². The van der Waals surface area contributed by atoms with E-state index in [9.17, 15) is 9.18 Å². The molecule has 1 aliphatic heterocycles. The first kappa shape index (κ1) is 9.92. The van der Waals surface area contributed by atoms with Crippen LogP contribution in [0.15, 0.2) is 18.2 Å². The van der Waals surface area contributed by atoms with Gasteiger partial charge in [0.25, 0.3) is 5.91 Å². The summed E-state index contributed by atoms with van der Waals surface area (Å²) in [5, 5.41) is 1.24. The molecule has 0 radical (unpaired) electrons. The van der Waals surface area contributed by atoms with Gasteiger partial charge in [-0.25, -0.2) is 9.45 Å². The maximum absolute atomic E-state index is 13.1. The molecule has 2 N–H and O–H groups in total. The first-order chi connectivity index (χ1) is 7.18. The minimum atomic E-state index is -0.583. The molecule has 1 aromatic rings. The lowest BCUT2D eigenvalue weighted by atomic mass is 10.2. The normalized spacial score (nSPS) is 15.7. The van der Waals surface area contributed by atoms with Gasteiger partial charge in [-0.05, 0) is 24.6 Å². The third-order valence-corrected chi connectivity index (χ3v) is 2.23. The van der Waals surface area contributed by atoms with Crippen LogP contribution in [0.2, 0.25) is 0 Å². The summed E-state index contributed by atoms with van der Waals surface area (Å²) >= 11 is 0. The van der Waals surface area contributed by atoms with Gasteiger partial charge in [0.05, 0.1) is 18.8 Å². The molecule has 4 nitrogen and oxygen atoms in total. The van der Waals surface area contributed by atoms with Crippen molar-refractivity contribution < 1.29 is 14.0 Å². The average Bonchev–Trinajstić information content (AvgIpc) is 2.74. The third kappa shape index (κ3) is 1.92. The molecule has 0 aliphatic carbocycles. The third-order valence-electron chi connectivity index (χ3n) is 2.23. The molecule has 1 heterocycles. The minimum Gasteiger partial charge on any atom is -0.396 e. The van der Waals surface area contributed by atoms with Crippen molar-refractivity contribution in [1.29, 1.82) is 0 Å². The Morgan fingerprint density at radius 3 is 2.93 bits per heavy atom. The van der Waals surface area contributed by atoms with Gasteiger partial charge in [0, 0.05) is 5.56 Å². The van der Waals surface area contributed by atoms with Crippen LogP contribution in [-0.4, -0.2) is 24.1 Å². The number of halogens is 1. The van der Waals surface area contributed by atoms with Crippen LogP contribution in [-0.2, 0) is 4.84 Å². The van der Waals surface area contributed by atoms with E-state index in [1.807, 2.05) is 0 Å². The molecule has 0 saturated carbocycles. The van der Waals surface area contributed by atoms with Crippen LogP contribution in [0.4, 0.5) is 10.1 Å². The molecule has 0 spiro atoms. The Bertz CT molecular complexity index is 389. The van der Waals surface area contributed by atoms with E-state index in [0.29, 0.717) is 13.2 Å². The van der Waals surface area contributed by atoms with Crippen LogP contribution < -0.4 is 5.73 Å². The predicted molar refractivity (Wildman–Crippen MR) is 52.4 cm³/mol. The summed E-state index contributed by atoms with van der Waals surface area (Å²) in [5.41, 5.74) is 5.60. The molecule has 2 rings (SSSR count). The summed E-state index contributed by atoms with van der Waals surface area (Å²) in [6.07, 6.45) is 0.809. The number of carbonyl (C=O) groups is 1. The molecular formula is C10H11FN2O2. The largest absolute Gasteiger partial charge is 0.396 e. The Morgan fingerprint density at radius 1 is 1.53 bits per heavy atom. The molecule has 5 heteroatoms. The average molecular weight is 210 g/mol. The van der Waals surface area contributed by atoms with E-state index in [-0.39, 0.29) is 17.2 Å². The first-order valence-electron chi connectivity index (χ1n) is 4.68. The fraction of sp³-hybridized carbons (Fsp3) is 0.300. The summed E-state index contributed by atoms with van der Waals surface area (Å²) in [7, 11) is 0. The highest BCUT2D eigenvalue weighted by Gasteiger charge is 2.21. The molecule has 80 valence electrons. The van der Waals surface area contributed by atoms with Crippen LogP contribution in [0.5, 0.6) is 0 Å². The van der Waals surface area contributed by atoms with Crippen LogP contribution >= 0.6 is 0 Å². The van der Waals surface area contributed by atoms with Crippen LogP contribution in [0.25, 0.3) is 0 Å². The molecule has 1 aromatic carbocycles. The van der Waals surface area contributed by atoms with Crippen molar-refractivity contribution in [3.8, 4) is 0 Å². The van der Waals surface area contributed by atoms with E-state index in [0.717, 1.165) is 12.5 Å². The fourth-order valence-corrected chi connectivity index (χ4v) is 1.41. The lowest BCUT2D eigenvalue weighted by Gasteiger charge is -2.13. The Kier molecular flexibility index (Phi) is 2.55. The Labute approximate surface area is 86.4 Å². The molecule has 0 unspecified atom stereocenters. The number of rotatable bonds is 1. The van der Waals surface area contributed by atoms with E-state index in [2.05, 4.69) is 0 Å². The number of nitrogen functional groups attached to an aromatic ring is 1. The number of benzene rings is 1. The van der Waals surface area contributed by atoms with Crippen molar-refractivity contribution in [3.05, 3.63) is 29.6 Å². The zero-order chi connectivity index (χ0) is 10.8. The van der Waals surface area contributed by atoms with Crippen LogP contribution in [0.1, 0.15) is 16.8 Å². The molecule has 0 aromatic heterocycles. The molecule has 1 amide bonds. The van der Waals surface area contributed by atoms with E-state index < -0.39 is 5.82 Å². The van der Waals surface area contributed by atoms with Crippen molar-refractivity contribution >= 4 is 11.6 Å². The van der Waals surface area contributed by atoms with Crippen molar-refractivity contribution in [2.24, 2.45) is 0 Å². The quantitative estimate of drug-likeness (QED) is 0.708. The summed E-state index contributed by atoms with van der Waals surface area (Å²) < 4.78 is 13.1. The van der Waals surface area contributed by atoms with E-state index in [4.69, 9.17) is 10.6 Å². The topological polar surface area (TPSA) is 55.6 Å². The lowest BCUT2D eigenvalue weighted by Crippen LogP contribution is -2.26. The van der Waals surface area contributed by atoms with Gasteiger partial charge in [0.15, 0.2) is 0 Å². The Morgan fingerprint density at radius 2 is 2.33 bits per heavy atom. The Balaban J connectivity index is 2.21. The summed E-state index contributed by atoms with van der Waals surface area (Å²) in [5.74, 6) is -0.911. The maximum Gasteiger partial charge on any atom is 0.277 e. The van der Waals surface area contributed by atoms with Gasteiger partial charge < -0.3 is 5.73 Å². The standard InChI is InChI=1S/C10H11FN2O2/c11-8-6-7(2-3-9(8)12)10(14)13-4-1-5-15-13/h2-3,6H,1,4-5,12H2. The summed E-state index contributed by atoms with van der Waals surface area (Å²) in [6, 6.07) is 3.99. The Hall–Kier alpha value is -1.62. The number of anilines is 1. The highest BCUT2D eigenvalue weighted by molar-refractivity contribution is 5.94. The van der Waals surface area contributed by atoms with E-state index in [1.165, 1.54) is 17.2 Å².